The molecule has 2 aromatic rings. The van der Waals surface area contributed by atoms with Crippen molar-refractivity contribution in [2.45, 2.75) is 38.8 Å². The van der Waals surface area contributed by atoms with Gasteiger partial charge in [0.05, 0.1) is 35.4 Å². The summed E-state index contributed by atoms with van der Waals surface area (Å²) in [6.45, 7) is 7.44. The maximum atomic E-state index is 13.3. The molecule has 9 nitrogen and oxygen atoms in total. The lowest BCUT2D eigenvalue weighted by Crippen LogP contribution is -2.44. The molecule has 0 spiro atoms. The number of aromatic nitrogens is 2. The summed E-state index contributed by atoms with van der Waals surface area (Å²) in [6.07, 6.45) is 3.72. The van der Waals surface area contributed by atoms with Crippen molar-refractivity contribution in [1.82, 2.24) is 20.0 Å². The number of carbonyl (C=O) groups is 2. The number of benzene rings is 1. The Bertz CT molecular complexity index is 1070. The fraction of sp³-hybridized carbons (Fsp3) is 0.455. The van der Waals surface area contributed by atoms with E-state index in [0.29, 0.717) is 22.4 Å². The van der Waals surface area contributed by atoms with E-state index >= 15 is 0 Å². The molecule has 0 radical (unpaired) electrons. The number of aliphatic imine (C=N–C) groups is 1. The van der Waals surface area contributed by atoms with Crippen LogP contribution in [0.15, 0.2) is 35.6 Å². The van der Waals surface area contributed by atoms with Crippen molar-refractivity contribution in [3.8, 4) is 0 Å². The molecule has 3 N–H and O–H groups in total. The zero-order valence-electron chi connectivity index (χ0n) is 18.6. The Labute approximate surface area is 192 Å². The third kappa shape index (κ3) is 4.43. The van der Waals surface area contributed by atoms with Crippen LogP contribution in [-0.2, 0) is 16.6 Å². The fourth-order valence-electron chi connectivity index (χ4n) is 4.27. The Morgan fingerprint density at radius 1 is 1.31 bits per heavy atom. The predicted molar refractivity (Wildman–Crippen MR) is 125 cm³/mol. The van der Waals surface area contributed by atoms with Gasteiger partial charge >= 0.3 is 0 Å². The Morgan fingerprint density at radius 3 is 2.69 bits per heavy atom. The lowest BCUT2D eigenvalue weighted by atomic mass is 9.92. The molecule has 2 unspecified atom stereocenters. The van der Waals surface area contributed by atoms with Crippen LogP contribution in [0.5, 0.6) is 0 Å². The van der Waals surface area contributed by atoms with Gasteiger partial charge in [-0.15, -0.1) is 0 Å². The van der Waals surface area contributed by atoms with E-state index in [1.54, 1.807) is 34.0 Å². The van der Waals surface area contributed by atoms with Crippen molar-refractivity contribution in [2.75, 3.05) is 23.7 Å². The molecule has 0 aliphatic carbocycles. The average molecular weight is 458 g/mol. The molecule has 0 saturated carbocycles. The van der Waals surface area contributed by atoms with Crippen molar-refractivity contribution < 1.29 is 9.59 Å². The first-order chi connectivity index (χ1) is 15.1. The monoisotopic (exact) mass is 457 g/mol. The number of nitrogens with zero attached hydrogens (tertiary/aromatic N) is 4. The zero-order valence-corrected chi connectivity index (χ0v) is 19.4. The minimum atomic E-state index is -0.542. The molecule has 170 valence electrons. The van der Waals surface area contributed by atoms with Crippen LogP contribution in [-0.4, -0.2) is 51.1 Å². The molecular weight excluding hydrogens is 430 g/mol. The standard InChI is InChI=1S/C22H28ClN7O2/c1-22(2,3)30-18(31)10-15(19(30)13-11-26-29(4)12-13)20(32)27-14-5-6-17(16(23)9-14)28-21-24-7-8-25-21/h5-6,9,11-12,15,19H,7-8,10H2,1-4H3,(H,27,32)(H2,24,25,28). The molecule has 4 rings (SSSR count). The maximum Gasteiger partial charge on any atom is 0.230 e. The number of halogens is 1. The highest BCUT2D eigenvalue weighted by Crippen LogP contribution is 2.43. The van der Waals surface area contributed by atoms with E-state index in [1.807, 2.05) is 34.0 Å². The number of amides is 2. The van der Waals surface area contributed by atoms with Gasteiger partial charge in [0.1, 0.15) is 0 Å². The molecule has 2 amide bonds. The molecule has 32 heavy (non-hydrogen) atoms. The second-order valence-electron chi connectivity index (χ2n) is 9.10. The van der Waals surface area contributed by atoms with Crippen LogP contribution in [0.3, 0.4) is 0 Å². The number of aryl methyl sites for hydroxylation is 1. The van der Waals surface area contributed by atoms with Gasteiger partial charge in [-0.2, -0.15) is 5.10 Å². The van der Waals surface area contributed by atoms with Gasteiger partial charge in [0.25, 0.3) is 0 Å². The van der Waals surface area contributed by atoms with Crippen LogP contribution < -0.4 is 16.0 Å². The van der Waals surface area contributed by atoms with E-state index in [-0.39, 0.29) is 24.3 Å². The van der Waals surface area contributed by atoms with Crippen LogP contribution in [0.4, 0.5) is 11.4 Å². The second-order valence-corrected chi connectivity index (χ2v) is 9.51. The lowest BCUT2D eigenvalue weighted by molar-refractivity contribution is -0.133. The summed E-state index contributed by atoms with van der Waals surface area (Å²) in [6, 6.07) is 4.87. The first kappa shape index (κ1) is 22.1. The van der Waals surface area contributed by atoms with E-state index in [4.69, 9.17) is 11.6 Å². The number of nitrogens with one attached hydrogen (secondary N) is 3. The van der Waals surface area contributed by atoms with E-state index in [0.717, 1.165) is 18.7 Å². The number of likely N-dealkylation sites (tertiary alicyclic amines) is 1. The van der Waals surface area contributed by atoms with Crippen LogP contribution in [0.1, 0.15) is 38.8 Å². The number of anilines is 2. The van der Waals surface area contributed by atoms with Crippen molar-refractivity contribution in [2.24, 2.45) is 18.0 Å². The van der Waals surface area contributed by atoms with Crippen LogP contribution in [0.25, 0.3) is 0 Å². The first-order valence-electron chi connectivity index (χ1n) is 10.6. The average Bonchev–Trinajstić information content (AvgIpc) is 3.43. The molecule has 2 atom stereocenters. The molecule has 0 bridgehead atoms. The maximum absolute atomic E-state index is 13.3. The molecule has 10 heteroatoms. The number of hydrogen-bond donors (Lipinski definition) is 3. The Morgan fingerprint density at radius 2 is 2.09 bits per heavy atom. The number of rotatable bonds is 4. The van der Waals surface area contributed by atoms with Gasteiger partial charge in [0.15, 0.2) is 5.96 Å². The van der Waals surface area contributed by atoms with E-state index in [1.165, 1.54) is 0 Å². The summed E-state index contributed by atoms with van der Waals surface area (Å²) < 4.78 is 1.68. The van der Waals surface area contributed by atoms with Gasteiger partial charge in [-0.1, -0.05) is 11.6 Å². The van der Waals surface area contributed by atoms with Crippen LogP contribution >= 0.6 is 11.6 Å². The second kappa shape index (κ2) is 8.46. The highest BCUT2D eigenvalue weighted by molar-refractivity contribution is 6.34. The molecule has 1 saturated heterocycles. The smallest absolute Gasteiger partial charge is 0.230 e. The van der Waals surface area contributed by atoms with E-state index in [9.17, 15) is 9.59 Å². The van der Waals surface area contributed by atoms with Crippen LogP contribution in [0.2, 0.25) is 5.02 Å². The third-order valence-electron chi connectivity index (χ3n) is 5.61. The van der Waals surface area contributed by atoms with Crippen molar-refractivity contribution >= 4 is 40.7 Å². The lowest BCUT2D eigenvalue weighted by Gasteiger charge is -2.38. The summed E-state index contributed by atoms with van der Waals surface area (Å²) in [5.74, 6) is -0.138. The van der Waals surface area contributed by atoms with Gasteiger partial charge in [-0.25, -0.2) is 0 Å². The molecule has 2 aliphatic rings. The molecule has 2 aliphatic heterocycles. The fourth-order valence-corrected chi connectivity index (χ4v) is 4.50. The SMILES string of the molecule is Cn1cc(C2C(C(=O)Nc3ccc(NC4=NCCN4)c(Cl)c3)CC(=O)N2C(C)(C)C)cn1. The molecule has 1 fully saturated rings. The van der Waals surface area contributed by atoms with Crippen molar-refractivity contribution in [3.05, 3.63) is 41.2 Å². The van der Waals surface area contributed by atoms with E-state index < -0.39 is 11.5 Å². The predicted octanol–water partition coefficient (Wildman–Crippen LogP) is 2.77. The summed E-state index contributed by atoms with van der Waals surface area (Å²) in [7, 11) is 1.82. The molecule has 1 aromatic carbocycles. The van der Waals surface area contributed by atoms with Crippen molar-refractivity contribution in [1.29, 1.82) is 0 Å². The van der Waals surface area contributed by atoms with Gasteiger partial charge in [0.2, 0.25) is 11.8 Å². The van der Waals surface area contributed by atoms with Gasteiger partial charge in [-0.05, 0) is 39.0 Å². The quantitative estimate of drug-likeness (QED) is 0.655. The Kier molecular flexibility index (Phi) is 5.85. The zero-order chi connectivity index (χ0) is 23.0. The van der Waals surface area contributed by atoms with Crippen molar-refractivity contribution in [3.63, 3.8) is 0 Å². The summed E-state index contributed by atoms with van der Waals surface area (Å²) in [4.78, 5) is 32.3. The number of hydrogen-bond acceptors (Lipinski definition) is 6. The summed E-state index contributed by atoms with van der Waals surface area (Å²) >= 11 is 6.41. The highest BCUT2D eigenvalue weighted by atomic mass is 35.5. The first-order valence-corrected chi connectivity index (χ1v) is 11.0. The Balaban J connectivity index is 1.55. The summed E-state index contributed by atoms with van der Waals surface area (Å²) in [5, 5.41) is 13.9. The number of carbonyl (C=O) groups excluding carboxylic acids is 2. The van der Waals surface area contributed by atoms with Crippen LogP contribution in [0, 0.1) is 5.92 Å². The molecule has 3 heterocycles. The minimum absolute atomic E-state index is 0.0473. The van der Waals surface area contributed by atoms with Gasteiger partial charge < -0.3 is 20.9 Å². The van der Waals surface area contributed by atoms with Gasteiger partial charge in [0, 0.05) is 43.0 Å². The normalized spacial score (nSPS) is 20.8. The third-order valence-corrected chi connectivity index (χ3v) is 5.92. The van der Waals surface area contributed by atoms with Gasteiger partial charge in [-0.3, -0.25) is 19.3 Å². The highest BCUT2D eigenvalue weighted by Gasteiger charge is 2.48. The minimum Gasteiger partial charge on any atom is -0.354 e. The molecular formula is C22H28ClN7O2. The molecule has 1 aromatic heterocycles. The van der Waals surface area contributed by atoms with E-state index in [2.05, 4.69) is 26.0 Å². The Hall–Kier alpha value is -3.07. The summed E-state index contributed by atoms with van der Waals surface area (Å²) in [5.41, 5.74) is 1.68. The number of guanidine groups is 1. The largest absolute Gasteiger partial charge is 0.354 e. The topological polar surface area (TPSA) is 104 Å².